The number of thioether (sulfide) groups is 1. The molecule has 1 amide bonds. The van der Waals surface area contributed by atoms with Crippen LogP contribution in [-0.4, -0.2) is 36.4 Å². The van der Waals surface area contributed by atoms with Crippen LogP contribution in [0.4, 0.5) is 0 Å². The molecule has 0 aliphatic carbocycles. The molecule has 0 fully saturated rings. The molecular formula is C17H22N2O4S. The highest BCUT2D eigenvalue weighted by Gasteiger charge is 2.09. The van der Waals surface area contributed by atoms with Gasteiger partial charge in [-0.15, -0.1) is 0 Å². The molecule has 0 saturated carbocycles. The zero-order valence-electron chi connectivity index (χ0n) is 14.1. The normalized spacial score (nSPS) is 10.5. The number of oxazole rings is 1. The van der Waals surface area contributed by atoms with Crippen LogP contribution in [0.15, 0.2) is 33.9 Å². The summed E-state index contributed by atoms with van der Waals surface area (Å²) < 4.78 is 16.3. The number of carbonyl (C=O) groups is 1. The first-order valence-electron chi connectivity index (χ1n) is 7.77. The summed E-state index contributed by atoms with van der Waals surface area (Å²) in [5.41, 5.74) is 0.849. The van der Waals surface area contributed by atoms with Crippen LogP contribution in [0.5, 0.6) is 11.5 Å². The van der Waals surface area contributed by atoms with Gasteiger partial charge in [-0.25, -0.2) is 4.98 Å². The number of carbonyl (C=O) groups excluding carboxylic acids is 1. The smallest absolute Gasteiger partial charge is 0.256 e. The Hall–Kier alpha value is -2.15. The lowest BCUT2D eigenvalue weighted by molar-refractivity contribution is -0.118. The number of aryl methyl sites for hydroxylation is 2. The molecular weight excluding hydrogens is 328 g/mol. The molecule has 0 saturated heterocycles. The van der Waals surface area contributed by atoms with E-state index in [1.54, 1.807) is 0 Å². The minimum Gasteiger partial charge on any atom is -0.494 e. The number of benzene rings is 1. The van der Waals surface area contributed by atoms with Crippen LogP contribution < -0.4 is 14.8 Å². The Labute approximate surface area is 145 Å². The summed E-state index contributed by atoms with van der Waals surface area (Å²) in [6, 6.07) is 7.40. The van der Waals surface area contributed by atoms with Gasteiger partial charge in [0.1, 0.15) is 23.9 Å². The molecule has 130 valence electrons. The number of aromatic nitrogens is 1. The Bertz CT molecular complexity index is 636. The van der Waals surface area contributed by atoms with Gasteiger partial charge in [-0.1, -0.05) is 11.8 Å². The molecule has 1 N–H and O–H groups in total. The van der Waals surface area contributed by atoms with E-state index in [2.05, 4.69) is 10.3 Å². The molecule has 2 rings (SSSR count). The fraction of sp³-hybridized carbons (Fsp3) is 0.412. The minimum atomic E-state index is -0.0798. The molecule has 0 atom stereocenters. The van der Waals surface area contributed by atoms with Crippen LogP contribution in [0, 0.1) is 13.8 Å². The first-order chi connectivity index (χ1) is 11.6. The summed E-state index contributed by atoms with van der Waals surface area (Å²) in [7, 11) is 0. The van der Waals surface area contributed by atoms with E-state index in [0.29, 0.717) is 25.0 Å². The second-order valence-electron chi connectivity index (χ2n) is 5.01. The molecule has 1 heterocycles. The van der Waals surface area contributed by atoms with Gasteiger partial charge in [-0.05, 0) is 45.0 Å². The van der Waals surface area contributed by atoms with Gasteiger partial charge in [0.25, 0.3) is 5.22 Å². The van der Waals surface area contributed by atoms with Crippen molar-refractivity contribution in [1.29, 1.82) is 0 Å². The van der Waals surface area contributed by atoms with Crippen molar-refractivity contribution in [3.8, 4) is 11.5 Å². The summed E-state index contributed by atoms with van der Waals surface area (Å²) in [5, 5.41) is 3.32. The third-order valence-electron chi connectivity index (χ3n) is 3.16. The summed E-state index contributed by atoms with van der Waals surface area (Å²) in [5.74, 6) is 2.52. The van der Waals surface area contributed by atoms with Crippen molar-refractivity contribution in [2.75, 3.05) is 25.5 Å². The van der Waals surface area contributed by atoms with Crippen LogP contribution >= 0.6 is 11.8 Å². The Morgan fingerprint density at radius 2 is 1.88 bits per heavy atom. The van der Waals surface area contributed by atoms with Gasteiger partial charge in [-0.3, -0.25) is 4.79 Å². The van der Waals surface area contributed by atoms with Crippen molar-refractivity contribution in [3.63, 3.8) is 0 Å². The van der Waals surface area contributed by atoms with Gasteiger partial charge in [0.15, 0.2) is 0 Å². The molecule has 6 nitrogen and oxygen atoms in total. The monoisotopic (exact) mass is 350 g/mol. The first kappa shape index (κ1) is 18.2. The molecule has 0 radical (unpaired) electrons. The average molecular weight is 350 g/mol. The van der Waals surface area contributed by atoms with Gasteiger partial charge in [0.2, 0.25) is 5.91 Å². The van der Waals surface area contributed by atoms with Crippen molar-refractivity contribution in [1.82, 2.24) is 10.3 Å². The highest BCUT2D eigenvalue weighted by atomic mass is 32.2. The lowest BCUT2D eigenvalue weighted by Gasteiger charge is -2.08. The number of amides is 1. The zero-order chi connectivity index (χ0) is 17.4. The fourth-order valence-electron chi connectivity index (χ4n) is 1.84. The van der Waals surface area contributed by atoms with E-state index < -0.39 is 0 Å². The molecule has 0 aliphatic heterocycles. The Kier molecular flexibility index (Phi) is 6.99. The molecule has 0 bridgehead atoms. The molecule has 2 aromatic rings. The van der Waals surface area contributed by atoms with E-state index in [0.717, 1.165) is 23.0 Å². The van der Waals surface area contributed by atoms with E-state index in [-0.39, 0.29) is 11.7 Å². The Morgan fingerprint density at radius 3 is 2.46 bits per heavy atom. The average Bonchev–Trinajstić information content (AvgIpc) is 2.90. The van der Waals surface area contributed by atoms with Gasteiger partial charge < -0.3 is 19.2 Å². The third kappa shape index (κ3) is 5.81. The van der Waals surface area contributed by atoms with Crippen molar-refractivity contribution in [2.45, 2.75) is 26.0 Å². The van der Waals surface area contributed by atoms with E-state index in [4.69, 9.17) is 13.9 Å². The summed E-state index contributed by atoms with van der Waals surface area (Å²) >= 11 is 1.28. The van der Waals surface area contributed by atoms with E-state index in [1.165, 1.54) is 11.8 Å². The van der Waals surface area contributed by atoms with Crippen molar-refractivity contribution < 1.29 is 18.7 Å². The topological polar surface area (TPSA) is 73.6 Å². The predicted octanol–water partition coefficient (Wildman–Crippen LogP) is 2.98. The lowest BCUT2D eigenvalue weighted by Crippen LogP contribution is -2.29. The number of ether oxygens (including phenoxy) is 2. The number of hydrogen-bond acceptors (Lipinski definition) is 6. The van der Waals surface area contributed by atoms with Crippen LogP contribution in [0.3, 0.4) is 0 Å². The SMILES string of the molecule is CCOc1ccc(OCCNC(=O)CSc2nc(C)c(C)o2)cc1. The highest BCUT2D eigenvalue weighted by Crippen LogP contribution is 2.19. The van der Waals surface area contributed by atoms with Gasteiger partial charge in [-0.2, -0.15) is 0 Å². The van der Waals surface area contributed by atoms with Crippen molar-refractivity contribution >= 4 is 17.7 Å². The second kappa shape index (κ2) is 9.22. The maximum atomic E-state index is 11.8. The van der Waals surface area contributed by atoms with Gasteiger partial charge in [0.05, 0.1) is 24.6 Å². The van der Waals surface area contributed by atoms with Crippen LogP contribution in [-0.2, 0) is 4.79 Å². The summed E-state index contributed by atoms with van der Waals surface area (Å²) in [6.45, 7) is 7.15. The Morgan fingerprint density at radius 1 is 1.21 bits per heavy atom. The molecule has 1 aromatic carbocycles. The van der Waals surface area contributed by atoms with Crippen LogP contribution in [0.2, 0.25) is 0 Å². The largest absolute Gasteiger partial charge is 0.494 e. The van der Waals surface area contributed by atoms with Crippen LogP contribution in [0.25, 0.3) is 0 Å². The second-order valence-corrected chi connectivity index (χ2v) is 5.94. The quantitative estimate of drug-likeness (QED) is 0.554. The maximum Gasteiger partial charge on any atom is 0.256 e. The number of nitrogens with one attached hydrogen (secondary N) is 1. The lowest BCUT2D eigenvalue weighted by atomic mass is 10.3. The van der Waals surface area contributed by atoms with Gasteiger partial charge >= 0.3 is 0 Å². The fourth-order valence-corrected chi connectivity index (χ4v) is 2.58. The summed E-state index contributed by atoms with van der Waals surface area (Å²) in [6.07, 6.45) is 0. The van der Waals surface area contributed by atoms with E-state index in [9.17, 15) is 4.79 Å². The maximum absolute atomic E-state index is 11.8. The van der Waals surface area contributed by atoms with Crippen LogP contribution in [0.1, 0.15) is 18.4 Å². The number of hydrogen-bond donors (Lipinski definition) is 1. The highest BCUT2D eigenvalue weighted by molar-refractivity contribution is 7.99. The summed E-state index contributed by atoms with van der Waals surface area (Å²) in [4.78, 5) is 16.0. The number of rotatable bonds is 9. The number of nitrogens with zero attached hydrogens (tertiary/aromatic N) is 1. The molecule has 0 aliphatic rings. The van der Waals surface area contributed by atoms with E-state index in [1.807, 2.05) is 45.0 Å². The van der Waals surface area contributed by atoms with Crippen molar-refractivity contribution in [3.05, 3.63) is 35.7 Å². The Balaban J connectivity index is 1.62. The molecule has 7 heteroatoms. The molecule has 24 heavy (non-hydrogen) atoms. The predicted molar refractivity (Wildman–Crippen MR) is 92.8 cm³/mol. The molecule has 1 aromatic heterocycles. The molecule has 0 spiro atoms. The standard InChI is InChI=1S/C17H22N2O4S/c1-4-21-14-5-7-15(8-6-14)22-10-9-18-16(20)11-24-17-19-12(2)13(3)23-17/h5-8H,4,9-11H2,1-3H3,(H,18,20). The zero-order valence-corrected chi connectivity index (χ0v) is 14.9. The minimum absolute atomic E-state index is 0.0798. The van der Waals surface area contributed by atoms with E-state index >= 15 is 0 Å². The third-order valence-corrected chi connectivity index (χ3v) is 3.99. The van der Waals surface area contributed by atoms with Crippen molar-refractivity contribution in [2.24, 2.45) is 0 Å². The van der Waals surface area contributed by atoms with Gasteiger partial charge in [0, 0.05) is 0 Å². The molecule has 0 unspecified atom stereocenters. The first-order valence-corrected chi connectivity index (χ1v) is 8.76.